The number of aromatic nitrogens is 2. The van der Waals surface area contributed by atoms with Crippen LogP contribution < -0.4 is 5.32 Å². The van der Waals surface area contributed by atoms with E-state index in [4.69, 9.17) is 0 Å². The lowest BCUT2D eigenvalue weighted by molar-refractivity contribution is -0.137. The second kappa shape index (κ2) is 5.26. The van der Waals surface area contributed by atoms with Crippen molar-refractivity contribution in [2.45, 2.75) is 19.1 Å². The molecular formula is C12H12F3N3S. The minimum absolute atomic E-state index is 0.249. The van der Waals surface area contributed by atoms with Crippen LogP contribution in [0, 0.1) is 6.92 Å². The molecule has 0 saturated heterocycles. The maximum absolute atomic E-state index is 12.6. The highest BCUT2D eigenvalue weighted by atomic mass is 32.1. The highest BCUT2D eigenvalue weighted by molar-refractivity contribution is 6.99. The fourth-order valence-corrected chi connectivity index (χ4v) is 2.39. The Morgan fingerprint density at radius 2 is 2.05 bits per heavy atom. The molecular weight excluding hydrogens is 275 g/mol. The lowest BCUT2D eigenvalue weighted by atomic mass is 9.97. The van der Waals surface area contributed by atoms with Gasteiger partial charge in [-0.2, -0.15) is 21.9 Å². The molecule has 0 bridgehead atoms. The van der Waals surface area contributed by atoms with Gasteiger partial charge in [-0.25, -0.2) is 0 Å². The number of rotatable bonds is 3. The maximum atomic E-state index is 12.6. The number of nitrogens with one attached hydrogen (secondary N) is 1. The Balaban J connectivity index is 2.40. The van der Waals surface area contributed by atoms with Crippen molar-refractivity contribution in [2.75, 3.05) is 7.05 Å². The third-order valence-electron chi connectivity index (χ3n) is 2.87. The highest BCUT2D eigenvalue weighted by Crippen LogP contribution is 2.32. The SMILES string of the molecule is CNC(c1cnsn1)c1ccc(C(F)(F)F)cc1C. The average molecular weight is 287 g/mol. The van der Waals surface area contributed by atoms with Gasteiger partial charge in [0.1, 0.15) is 0 Å². The standard InChI is InChI=1S/C12H12F3N3S/c1-7-5-8(12(13,14)15)3-4-9(7)11(16-2)10-6-17-19-18-10/h3-6,11,16H,1-2H3. The Morgan fingerprint density at radius 3 is 2.53 bits per heavy atom. The van der Waals surface area contributed by atoms with Gasteiger partial charge in [0.05, 0.1) is 35.2 Å². The van der Waals surface area contributed by atoms with Crippen LogP contribution in [0.25, 0.3) is 0 Å². The Hall–Kier alpha value is -1.47. The van der Waals surface area contributed by atoms with Crippen LogP contribution in [0.4, 0.5) is 13.2 Å². The van der Waals surface area contributed by atoms with E-state index in [9.17, 15) is 13.2 Å². The molecule has 7 heteroatoms. The van der Waals surface area contributed by atoms with Gasteiger partial charge in [0.2, 0.25) is 0 Å². The molecule has 0 saturated carbocycles. The molecule has 102 valence electrons. The van der Waals surface area contributed by atoms with Gasteiger partial charge in [0, 0.05) is 0 Å². The lowest BCUT2D eigenvalue weighted by Gasteiger charge is -2.18. The Morgan fingerprint density at radius 1 is 1.32 bits per heavy atom. The van der Waals surface area contributed by atoms with Crippen molar-refractivity contribution >= 4 is 11.7 Å². The first-order valence-corrected chi connectivity index (χ1v) is 6.29. The van der Waals surface area contributed by atoms with Gasteiger partial charge in [-0.15, -0.1) is 0 Å². The third-order valence-corrected chi connectivity index (χ3v) is 3.36. The highest BCUT2D eigenvalue weighted by Gasteiger charge is 2.31. The topological polar surface area (TPSA) is 37.8 Å². The van der Waals surface area contributed by atoms with Crippen LogP contribution in [0.2, 0.25) is 0 Å². The Labute approximate surface area is 112 Å². The zero-order chi connectivity index (χ0) is 14.0. The minimum atomic E-state index is -4.32. The van der Waals surface area contributed by atoms with Crippen molar-refractivity contribution in [3.05, 3.63) is 46.8 Å². The molecule has 2 rings (SSSR count). The van der Waals surface area contributed by atoms with Crippen molar-refractivity contribution in [2.24, 2.45) is 0 Å². The van der Waals surface area contributed by atoms with E-state index >= 15 is 0 Å². The Bertz CT molecular complexity index is 552. The van der Waals surface area contributed by atoms with Crippen molar-refractivity contribution < 1.29 is 13.2 Å². The molecule has 1 N–H and O–H groups in total. The number of halogens is 3. The molecule has 3 nitrogen and oxygen atoms in total. The summed E-state index contributed by atoms with van der Waals surface area (Å²) < 4.78 is 45.9. The molecule has 1 aromatic heterocycles. The molecule has 1 unspecified atom stereocenters. The summed E-state index contributed by atoms with van der Waals surface area (Å²) in [6, 6.07) is 3.48. The van der Waals surface area contributed by atoms with E-state index in [0.717, 1.165) is 29.4 Å². The number of hydrogen-bond donors (Lipinski definition) is 1. The van der Waals surface area contributed by atoms with Gasteiger partial charge in [-0.3, -0.25) is 0 Å². The molecule has 0 aliphatic rings. The molecule has 0 spiro atoms. The predicted molar refractivity (Wildman–Crippen MR) is 67.0 cm³/mol. The smallest absolute Gasteiger partial charge is 0.308 e. The molecule has 2 aromatic rings. The summed E-state index contributed by atoms with van der Waals surface area (Å²) in [5.74, 6) is 0. The van der Waals surface area contributed by atoms with Crippen LogP contribution in [0.5, 0.6) is 0 Å². The average Bonchev–Trinajstić information content (AvgIpc) is 2.84. The summed E-state index contributed by atoms with van der Waals surface area (Å²) in [6.45, 7) is 1.66. The first-order chi connectivity index (χ1) is 8.93. The van der Waals surface area contributed by atoms with Gasteiger partial charge in [-0.1, -0.05) is 6.07 Å². The van der Waals surface area contributed by atoms with Crippen molar-refractivity contribution in [3.8, 4) is 0 Å². The summed E-state index contributed by atoms with van der Waals surface area (Å²) >= 11 is 1.07. The number of alkyl halides is 3. The molecule has 1 atom stereocenters. The largest absolute Gasteiger partial charge is 0.416 e. The predicted octanol–water partition coefficient (Wildman–Crippen LogP) is 3.17. The zero-order valence-electron chi connectivity index (χ0n) is 10.3. The first-order valence-electron chi connectivity index (χ1n) is 5.56. The molecule has 0 fully saturated rings. The molecule has 0 aliphatic heterocycles. The maximum Gasteiger partial charge on any atom is 0.416 e. The molecule has 1 aromatic carbocycles. The normalized spacial score (nSPS) is 13.5. The van der Waals surface area contributed by atoms with Gasteiger partial charge in [0.15, 0.2) is 0 Å². The van der Waals surface area contributed by atoms with Crippen molar-refractivity contribution in [1.29, 1.82) is 0 Å². The van der Waals surface area contributed by atoms with Crippen LogP contribution in [-0.2, 0) is 6.18 Å². The molecule has 0 aliphatic carbocycles. The fourth-order valence-electron chi connectivity index (χ4n) is 1.94. The third kappa shape index (κ3) is 2.93. The zero-order valence-corrected chi connectivity index (χ0v) is 11.1. The quantitative estimate of drug-likeness (QED) is 0.942. The minimum Gasteiger partial charge on any atom is -0.308 e. The monoisotopic (exact) mass is 287 g/mol. The lowest BCUT2D eigenvalue weighted by Crippen LogP contribution is -2.19. The van der Waals surface area contributed by atoms with Gasteiger partial charge >= 0.3 is 6.18 Å². The summed E-state index contributed by atoms with van der Waals surface area (Å²) in [7, 11) is 1.74. The summed E-state index contributed by atoms with van der Waals surface area (Å²) in [5.41, 5.74) is 1.40. The van der Waals surface area contributed by atoms with Crippen LogP contribution in [0.1, 0.15) is 28.4 Å². The number of nitrogens with zero attached hydrogens (tertiary/aromatic N) is 2. The van der Waals surface area contributed by atoms with E-state index in [2.05, 4.69) is 14.1 Å². The van der Waals surface area contributed by atoms with E-state index in [1.54, 1.807) is 20.2 Å². The molecule has 0 amide bonds. The summed E-state index contributed by atoms with van der Waals surface area (Å²) in [6.07, 6.45) is -2.70. The van der Waals surface area contributed by atoms with Crippen molar-refractivity contribution in [1.82, 2.24) is 14.1 Å². The van der Waals surface area contributed by atoms with Gasteiger partial charge in [0.25, 0.3) is 0 Å². The van der Waals surface area contributed by atoms with Crippen LogP contribution in [0.15, 0.2) is 24.4 Å². The van der Waals surface area contributed by atoms with Crippen molar-refractivity contribution in [3.63, 3.8) is 0 Å². The molecule has 1 heterocycles. The number of aryl methyl sites for hydroxylation is 1. The van der Waals surface area contributed by atoms with Gasteiger partial charge in [-0.05, 0) is 37.2 Å². The number of hydrogen-bond acceptors (Lipinski definition) is 4. The van der Waals surface area contributed by atoms with Crippen LogP contribution in [-0.4, -0.2) is 15.8 Å². The van der Waals surface area contributed by atoms with Gasteiger partial charge < -0.3 is 5.32 Å². The second-order valence-corrected chi connectivity index (χ2v) is 4.68. The van der Waals surface area contributed by atoms with E-state index < -0.39 is 11.7 Å². The van der Waals surface area contributed by atoms with E-state index in [1.807, 2.05) is 0 Å². The summed E-state index contributed by atoms with van der Waals surface area (Å²) in [4.78, 5) is 0. The molecule has 0 radical (unpaired) electrons. The molecule has 19 heavy (non-hydrogen) atoms. The van der Waals surface area contributed by atoms with Crippen LogP contribution in [0.3, 0.4) is 0 Å². The number of benzene rings is 1. The van der Waals surface area contributed by atoms with E-state index in [-0.39, 0.29) is 6.04 Å². The Kier molecular flexibility index (Phi) is 3.86. The van der Waals surface area contributed by atoms with E-state index in [1.165, 1.54) is 6.07 Å². The summed E-state index contributed by atoms with van der Waals surface area (Å²) in [5, 5.41) is 3.04. The second-order valence-electron chi connectivity index (χ2n) is 4.12. The van der Waals surface area contributed by atoms with Crippen LogP contribution >= 0.6 is 11.7 Å². The fraction of sp³-hybridized carbons (Fsp3) is 0.333. The van der Waals surface area contributed by atoms with E-state index in [0.29, 0.717) is 11.3 Å². The first kappa shape index (κ1) is 14.0.